The van der Waals surface area contributed by atoms with Crippen LogP contribution in [0.15, 0.2) is 60.7 Å². The van der Waals surface area contributed by atoms with Gasteiger partial charge in [0.25, 0.3) is 5.91 Å². The summed E-state index contributed by atoms with van der Waals surface area (Å²) in [5, 5.41) is 0. The fourth-order valence-corrected chi connectivity index (χ4v) is 6.62. The van der Waals surface area contributed by atoms with E-state index in [4.69, 9.17) is 23.9 Å². The predicted molar refractivity (Wildman–Crippen MR) is 187 cm³/mol. The topological polar surface area (TPSA) is 92.4 Å². The van der Waals surface area contributed by atoms with Crippen molar-refractivity contribution in [3.63, 3.8) is 0 Å². The molecule has 0 saturated carbocycles. The molecule has 0 bridgehead atoms. The Labute approximate surface area is 295 Å². The highest BCUT2D eigenvalue weighted by Gasteiger charge is 2.30. The average molecular weight is 716 g/mol. The Morgan fingerprint density at radius 1 is 1.00 bits per heavy atom. The molecular formula is C37H45F4N5O5. The van der Waals surface area contributed by atoms with Gasteiger partial charge in [-0.3, -0.25) is 4.79 Å². The zero-order valence-electron chi connectivity index (χ0n) is 29.3. The van der Waals surface area contributed by atoms with Crippen LogP contribution < -0.4 is 19.1 Å². The third-order valence-corrected chi connectivity index (χ3v) is 9.28. The van der Waals surface area contributed by atoms with E-state index in [1.54, 1.807) is 36.2 Å². The number of H-pyrrole nitrogens is 1. The number of aromatic nitrogens is 2. The first kappa shape index (κ1) is 37.7. The van der Waals surface area contributed by atoms with Crippen LogP contribution in [0.2, 0.25) is 0 Å². The molecule has 1 aliphatic heterocycles. The molecule has 1 amide bonds. The molecule has 0 radical (unpaired) electrons. The van der Waals surface area contributed by atoms with Crippen LogP contribution in [0.3, 0.4) is 0 Å². The van der Waals surface area contributed by atoms with E-state index in [9.17, 15) is 22.4 Å². The fraction of sp³-hybridized carbons (Fsp3) is 0.459. The number of likely N-dealkylation sites (N-methyl/N-ethyl adjacent to an activating group) is 1. The molecule has 14 heteroatoms. The Kier molecular flexibility index (Phi) is 12.6. The lowest BCUT2D eigenvalue weighted by Gasteiger charge is -2.39. The number of alkyl halides is 3. The summed E-state index contributed by atoms with van der Waals surface area (Å²) in [6.45, 7) is 1.54. The number of para-hydroxylation sites is 2. The van der Waals surface area contributed by atoms with Crippen molar-refractivity contribution in [2.75, 3.05) is 79.2 Å². The first-order valence-corrected chi connectivity index (χ1v) is 16.9. The van der Waals surface area contributed by atoms with Crippen molar-refractivity contribution in [2.45, 2.75) is 37.4 Å². The molecule has 3 aromatic carbocycles. The summed E-state index contributed by atoms with van der Waals surface area (Å²) >= 11 is 0. The van der Waals surface area contributed by atoms with Gasteiger partial charge in [0.15, 0.2) is 11.5 Å². The molecule has 10 nitrogen and oxygen atoms in total. The molecule has 276 valence electrons. The van der Waals surface area contributed by atoms with Crippen LogP contribution in [0.25, 0.3) is 11.0 Å². The summed E-state index contributed by atoms with van der Waals surface area (Å²) in [6, 6.07) is 17.3. The molecule has 51 heavy (non-hydrogen) atoms. The van der Waals surface area contributed by atoms with E-state index in [1.807, 2.05) is 29.2 Å². The summed E-state index contributed by atoms with van der Waals surface area (Å²) in [5.41, 5.74) is 2.94. The van der Waals surface area contributed by atoms with Crippen molar-refractivity contribution in [3.8, 4) is 17.2 Å². The van der Waals surface area contributed by atoms with E-state index >= 15 is 0 Å². The van der Waals surface area contributed by atoms with Gasteiger partial charge in [0.1, 0.15) is 12.4 Å². The summed E-state index contributed by atoms with van der Waals surface area (Å²) < 4.78 is 73.4. The average Bonchev–Trinajstić information content (AvgIpc) is 3.56. The van der Waals surface area contributed by atoms with E-state index in [2.05, 4.69) is 9.88 Å². The maximum absolute atomic E-state index is 13.9. The minimum absolute atomic E-state index is 0.0476. The van der Waals surface area contributed by atoms with E-state index in [1.165, 1.54) is 33.5 Å². The largest absolute Gasteiger partial charge is 0.493 e. The summed E-state index contributed by atoms with van der Waals surface area (Å²) in [7, 11) is 6.22. The molecule has 1 atom stereocenters. The van der Waals surface area contributed by atoms with Gasteiger partial charge in [0.05, 0.1) is 39.0 Å². The van der Waals surface area contributed by atoms with Gasteiger partial charge in [-0.15, -0.1) is 0 Å². The second-order valence-electron chi connectivity index (χ2n) is 12.6. The number of rotatable bonds is 16. The maximum Gasteiger partial charge on any atom is 0.411 e. The number of benzene rings is 3. The lowest BCUT2D eigenvalue weighted by Crippen LogP contribution is -2.47. The van der Waals surface area contributed by atoms with Gasteiger partial charge in [0, 0.05) is 50.7 Å². The number of amides is 1. The van der Waals surface area contributed by atoms with Crippen molar-refractivity contribution >= 4 is 22.9 Å². The lowest BCUT2D eigenvalue weighted by molar-refractivity contribution is -0.173. The fourth-order valence-electron chi connectivity index (χ4n) is 6.62. The number of carbonyl (C=O) groups is 1. The molecule has 1 fully saturated rings. The van der Waals surface area contributed by atoms with Crippen LogP contribution in [0, 0.1) is 5.82 Å². The summed E-state index contributed by atoms with van der Waals surface area (Å²) in [6.07, 6.45) is -2.13. The number of imidazole rings is 1. The number of nitrogens with zero attached hydrogens (tertiary/aromatic N) is 4. The minimum atomic E-state index is -4.39. The van der Waals surface area contributed by atoms with Gasteiger partial charge in [-0.1, -0.05) is 24.3 Å². The number of methoxy groups -OCH3 is 3. The van der Waals surface area contributed by atoms with Gasteiger partial charge < -0.3 is 38.6 Å². The standard InChI is InChI=1S/C37H45F4N5O5/c1-44(35(47)27-21-32(48-2)34(50-4)33(22-27)49-3)23-26(25-9-11-28(38)12-10-25)13-16-45-17-14-29(15-18-45)46(19-20-51-24-37(39,40)41)36-42-30-7-5-6-8-31(30)43-36/h5-12,21-22,26,29H,13-20,23-24H2,1-4H3,(H,42,43). The van der Waals surface area contributed by atoms with Crippen LogP contribution in [0.5, 0.6) is 17.2 Å². The van der Waals surface area contributed by atoms with Crippen molar-refractivity contribution in [1.82, 2.24) is 19.8 Å². The molecular weight excluding hydrogens is 670 g/mol. The zero-order valence-corrected chi connectivity index (χ0v) is 29.3. The van der Waals surface area contributed by atoms with E-state index < -0.39 is 12.8 Å². The Bertz CT molecular complexity index is 1670. The molecule has 4 aromatic rings. The number of likely N-dealkylation sites (tertiary alicyclic amines) is 1. The van der Waals surface area contributed by atoms with Gasteiger partial charge in [-0.05, 0) is 67.8 Å². The molecule has 1 aliphatic rings. The molecule has 1 saturated heterocycles. The quantitative estimate of drug-likeness (QED) is 0.104. The lowest BCUT2D eigenvalue weighted by atomic mass is 9.93. The normalized spacial score (nSPS) is 14.7. The van der Waals surface area contributed by atoms with Crippen molar-refractivity contribution in [2.24, 2.45) is 0 Å². The Morgan fingerprint density at radius 3 is 2.27 bits per heavy atom. The molecule has 0 aliphatic carbocycles. The molecule has 1 aromatic heterocycles. The van der Waals surface area contributed by atoms with E-state index in [0.717, 1.165) is 49.1 Å². The Hall–Kier alpha value is -4.56. The predicted octanol–water partition coefficient (Wildman–Crippen LogP) is 6.52. The highest BCUT2D eigenvalue weighted by atomic mass is 19.4. The second-order valence-corrected chi connectivity index (χ2v) is 12.6. The smallest absolute Gasteiger partial charge is 0.411 e. The SMILES string of the molecule is COc1cc(C(=O)N(C)CC(CCN2CCC(N(CCOCC(F)(F)F)c3nc4ccccc4[nH]3)CC2)c2ccc(F)cc2)cc(OC)c1OC. The van der Waals surface area contributed by atoms with Crippen LogP contribution in [0.1, 0.15) is 41.1 Å². The first-order chi connectivity index (χ1) is 24.5. The number of halogens is 4. The van der Waals surface area contributed by atoms with Crippen LogP contribution in [0.4, 0.5) is 23.5 Å². The molecule has 2 heterocycles. The van der Waals surface area contributed by atoms with Gasteiger partial charge in [-0.25, -0.2) is 9.37 Å². The number of hydrogen-bond donors (Lipinski definition) is 1. The third-order valence-electron chi connectivity index (χ3n) is 9.28. The maximum atomic E-state index is 13.9. The van der Waals surface area contributed by atoms with Crippen molar-refractivity contribution in [3.05, 3.63) is 77.6 Å². The number of ether oxygens (including phenoxy) is 4. The Morgan fingerprint density at radius 2 is 1.67 bits per heavy atom. The zero-order chi connectivity index (χ0) is 36.5. The second kappa shape index (κ2) is 17.1. The number of fused-ring (bicyclic) bond motifs is 1. The number of anilines is 1. The first-order valence-electron chi connectivity index (χ1n) is 16.9. The number of hydrogen-bond acceptors (Lipinski definition) is 8. The van der Waals surface area contributed by atoms with Crippen molar-refractivity contribution in [1.29, 1.82) is 0 Å². The molecule has 1 N–H and O–H groups in total. The molecule has 5 rings (SSSR count). The molecule has 0 spiro atoms. The van der Waals surface area contributed by atoms with E-state index in [0.29, 0.717) is 41.7 Å². The summed E-state index contributed by atoms with van der Waals surface area (Å²) in [5.74, 6) is 1.10. The Balaban J connectivity index is 1.24. The third kappa shape index (κ3) is 9.82. The highest BCUT2D eigenvalue weighted by Crippen LogP contribution is 2.38. The van der Waals surface area contributed by atoms with Gasteiger partial charge in [-0.2, -0.15) is 13.2 Å². The number of aromatic amines is 1. The highest BCUT2D eigenvalue weighted by molar-refractivity contribution is 5.95. The minimum Gasteiger partial charge on any atom is -0.493 e. The number of carbonyl (C=O) groups excluding carboxylic acids is 1. The van der Waals surface area contributed by atoms with Gasteiger partial charge >= 0.3 is 6.18 Å². The number of nitrogens with one attached hydrogen (secondary N) is 1. The van der Waals surface area contributed by atoms with Crippen LogP contribution in [-0.2, 0) is 4.74 Å². The van der Waals surface area contributed by atoms with Crippen LogP contribution >= 0.6 is 0 Å². The van der Waals surface area contributed by atoms with Crippen LogP contribution in [-0.4, -0.2) is 112 Å². The molecule has 1 unspecified atom stereocenters. The van der Waals surface area contributed by atoms with Crippen molar-refractivity contribution < 1.29 is 41.3 Å². The van der Waals surface area contributed by atoms with E-state index in [-0.39, 0.29) is 36.8 Å². The number of piperidine rings is 1. The monoisotopic (exact) mass is 715 g/mol. The summed E-state index contributed by atoms with van der Waals surface area (Å²) in [4.78, 5) is 27.7. The van der Waals surface area contributed by atoms with Gasteiger partial charge in [0.2, 0.25) is 11.7 Å².